The minimum Gasteiger partial charge on any atom is -0.274 e. The van der Waals surface area contributed by atoms with Gasteiger partial charge in [0.05, 0.1) is 23.1 Å². The fraction of sp³-hybridized carbons (Fsp3) is 0.467. The van der Waals surface area contributed by atoms with Gasteiger partial charge in [-0.25, -0.2) is 0 Å². The van der Waals surface area contributed by atoms with Gasteiger partial charge in [-0.05, 0) is 37.1 Å². The van der Waals surface area contributed by atoms with E-state index in [4.69, 9.17) is 0 Å². The quantitative estimate of drug-likeness (QED) is 0.799. The second-order valence-corrected chi connectivity index (χ2v) is 5.09. The van der Waals surface area contributed by atoms with Crippen LogP contribution in [0.3, 0.4) is 0 Å². The number of benzene rings is 1. The molecule has 0 bridgehead atoms. The minimum absolute atomic E-state index is 0.201. The Labute approximate surface area is 120 Å². The molecule has 6 heteroatoms. The smallest absolute Gasteiger partial charge is 0.274 e. The summed E-state index contributed by atoms with van der Waals surface area (Å²) in [6.07, 6.45) is -3.35. The van der Waals surface area contributed by atoms with Gasteiger partial charge >= 0.3 is 6.18 Å². The van der Waals surface area contributed by atoms with Gasteiger partial charge in [0.15, 0.2) is 0 Å². The summed E-state index contributed by atoms with van der Waals surface area (Å²) in [7, 11) is 0. The van der Waals surface area contributed by atoms with Gasteiger partial charge in [-0.3, -0.25) is 14.5 Å². The maximum absolute atomic E-state index is 12.5. The van der Waals surface area contributed by atoms with Crippen LogP contribution in [-0.4, -0.2) is 11.8 Å². The number of imide groups is 1. The molecule has 2 amide bonds. The van der Waals surface area contributed by atoms with Crippen LogP contribution in [0.15, 0.2) is 24.3 Å². The molecule has 1 aromatic carbocycles. The molecule has 1 aromatic rings. The van der Waals surface area contributed by atoms with Crippen molar-refractivity contribution in [2.75, 3.05) is 4.90 Å². The zero-order valence-corrected chi connectivity index (χ0v) is 11.8. The first-order chi connectivity index (χ1) is 9.81. The van der Waals surface area contributed by atoms with Crippen molar-refractivity contribution < 1.29 is 22.8 Å². The molecule has 2 atom stereocenters. The molecule has 2 rings (SSSR count). The second-order valence-electron chi connectivity index (χ2n) is 5.09. The van der Waals surface area contributed by atoms with Crippen LogP contribution in [0.5, 0.6) is 0 Å². The monoisotopic (exact) mass is 299 g/mol. The van der Waals surface area contributed by atoms with Crippen LogP contribution < -0.4 is 4.90 Å². The zero-order chi connectivity index (χ0) is 15.8. The van der Waals surface area contributed by atoms with E-state index in [1.165, 1.54) is 12.1 Å². The predicted octanol–water partition coefficient (Wildman–Crippen LogP) is 3.63. The summed E-state index contributed by atoms with van der Waals surface area (Å²) in [6, 6.07) is 4.11. The van der Waals surface area contributed by atoms with Crippen molar-refractivity contribution in [2.24, 2.45) is 11.8 Å². The molecular formula is C15H16F3NO2. The van der Waals surface area contributed by atoms with Crippen molar-refractivity contribution in [2.45, 2.75) is 32.9 Å². The van der Waals surface area contributed by atoms with Gasteiger partial charge in [-0.2, -0.15) is 13.2 Å². The molecule has 0 radical (unpaired) electrons. The topological polar surface area (TPSA) is 37.4 Å². The highest BCUT2D eigenvalue weighted by Crippen LogP contribution is 2.36. The third kappa shape index (κ3) is 2.66. The van der Waals surface area contributed by atoms with Gasteiger partial charge in [-0.15, -0.1) is 0 Å². The Kier molecular flexibility index (Phi) is 4.07. The molecule has 0 spiro atoms. The Morgan fingerprint density at radius 2 is 1.38 bits per heavy atom. The van der Waals surface area contributed by atoms with E-state index in [1.807, 2.05) is 13.8 Å². The second kappa shape index (κ2) is 5.50. The number of nitrogens with zero attached hydrogens (tertiary/aromatic N) is 1. The van der Waals surface area contributed by atoms with Gasteiger partial charge in [-0.1, -0.05) is 13.8 Å². The first kappa shape index (κ1) is 15.5. The van der Waals surface area contributed by atoms with E-state index >= 15 is 0 Å². The van der Waals surface area contributed by atoms with E-state index < -0.39 is 11.7 Å². The number of anilines is 1. The van der Waals surface area contributed by atoms with Crippen molar-refractivity contribution in [3.8, 4) is 0 Å². The van der Waals surface area contributed by atoms with Gasteiger partial charge in [0, 0.05) is 0 Å². The first-order valence-corrected chi connectivity index (χ1v) is 6.86. The summed E-state index contributed by atoms with van der Waals surface area (Å²) in [5.41, 5.74) is -0.600. The lowest BCUT2D eigenvalue weighted by molar-refractivity contribution is -0.137. The van der Waals surface area contributed by atoms with Crippen LogP contribution in [0.1, 0.15) is 32.3 Å². The Hall–Kier alpha value is -1.85. The minimum atomic E-state index is -4.44. The molecule has 0 N–H and O–H groups in total. The molecule has 0 aromatic heterocycles. The molecule has 1 aliphatic heterocycles. The third-order valence-corrected chi connectivity index (χ3v) is 3.89. The maximum Gasteiger partial charge on any atom is 0.416 e. The average Bonchev–Trinajstić information content (AvgIpc) is 2.68. The van der Waals surface area contributed by atoms with E-state index in [-0.39, 0.29) is 29.3 Å². The normalized spacial score (nSPS) is 23.0. The SMILES string of the molecule is CCC1C(=O)N(c2ccc(C(F)(F)F)cc2)C(=O)C1CC. The highest BCUT2D eigenvalue weighted by molar-refractivity contribution is 6.22. The van der Waals surface area contributed by atoms with Crippen molar-refractivity contribution in [1.29, 1.82) is 0 Å². The molecule has 0 aliphatic carbocycles. The fourth-order valence-electron chi connectivity index (χ4n) is 2.76. The molecule has 0 saturated carbocycles. The number of rotatable bonds is 3. The molecule has 3 nitrogen and oxygen atoms in total. The molecule has 1 saturated heterocycles. The van der Waals surface area contributed by atoms with Crippen LogP contribution >= 0.6 is 0 Å². The third-order valence-electron chi connectivity index (χ3n) is 3.89. The predicted molar refractivity (Wildman–Crippen MR) is 71.5 cm³/mol. The summed E-state index contributed by atoms with van der Waals surface area (Å²) in [5, 5.41) is 0. The lowest BCUT2D eigenvalue weighted by Crippen LogP contribution is -2.31. The van der Waals surface area contributed by atoms with E-state index in [9.17, 15) is 22.8 Å². The summed E-state index contributed by atoms with van der Waals surface area (Å²) in [6.45, 7) is 3.66. The molecule has 1 fully saturated rings. The Balaban J connectivity index is 2.34. The molecule has 1 aliphatic rings. The number of alkyl halides is 3. The Morgan fingerprint density at radius 1 is 0.952 bits per heavy atom. The maximum atomic E-state index is 12.5. The average molecular weight is 299 g/mol. The number of halogens is 3. The van der Waals surface area contributed by atoms with Crippen LogP contribution in [0.4, 0.5) is 18.9 Å². The fourth-order valence-corrected chi connectivity index (χ4v) is 2.76. The zero-order valence-electron chi connectivity index (χ0n) is 11.8. The molecule has 2 unspecified atom stereocenters. The van der Waals surface area contributed by atoms with Crippen LogP contribution in [0.25, 0.3) is 0 Å². The highest BCUT2D eigenvalue weighted by atomic mass is 19.4. The van der Waals surface area contributed by atoms with Gasteiger partial charge in [0.25, 0.3) is 0 Å². The number of amides is 2. The van der Waals surface area contributed by atoms with Crippen molar-refractivity contribution in [3.05, 3.63) is 29.8 Å². The van der Waals surface area contributed by atoms with E-state index in [2.05, 4.69) is 0 Å². The van der Waals surface area contributed by atoms with Gasteiger partial charge in [0.1, 0.15) is 0 Å². The van der Waals surface area contributed by atoms with Crippen LogP contribution in [0.2, 0.25) is 0 Å². The highest BCUT2D eigenvalue weighted by Gasteiger charge is 2.46. The Bertz CT molecular complexity index is 529. The summed E-state index contributed by atoms with van der Waals surface area (Å²) < 4.78 is 37.6. The lowest BCUT2D eigenvalue weighted by atomic mass is 9.91. The number of hydrogen-bond donors (Lipinski definition) is 0. The van der Waals surface area contributed by atoms with E-state index in [0.29, 0.717) is 12.8 Å². The van der Waals surface area contributed by atoms with Crippen molar-refractivity contribution in [3.63, 3.8) is 0 Å². The summed E-state index contributed by atoms with van der Waals surface area (Å²) in [4.78, 5) is 25.6. The number of carbonyl (C=O) groups is 2. The summed E-state index contributed by atoms with van der Waals surface area (Å²) in [5.74, 6) is -1.42. The molecule has 21 heavy (non-hydrogen) atoms. The van der Waals surface area contributed by atoms with Crippen LogP contribution in [0, 0.1) is 11.8 Å². The van der Waals surface area contributed by atoms with Crippen molar-refractivity contribution >= 4 is 17.5 Å². The van der Waals surface area contributed by atoms with E-state index in [0.717, 1.165) is 17.0 Å². The van der Waals surface area contributed by atoms with Crippen LogP contribution in [-0.2, 0) is 15.8 Å². The lowest BCUT2D eigenvalue weighted by Gasteiger charge is -2.16. The molecule has 114 valence electrons. The van der Waals surface area contributed by atoms with Gasteiger partial charge < -0.3 is 0 Å². The molecule has 1 heterocycles. The standard InChI is InChI=1S/C15H16F3NO2/c1-3-11-12(4-2)14(21)19(13(11)20)10-7-5-9(6-8-10)15(16,17)18/h5-8,11-12H,3-4H2,1-2H3. The number of hydrogen-bond acceptors (Lipinski definition) is 2. The number of carbonyl (C=O) groups excluding carboxylic acids is 2. The van der Waals surface area contributed by atoms with Crippen molar-refractivity contribution in [1.82, 2.24) is 0 Å². The van der Waals surface area contributed by atoms with E-state index in [1.54, 1.807) is 0 Å². The largest absolute Gasteiger partial charge is 0.416 e. The summed E-state index contributed by atoms with van der Waals surface area (Å²) >= 11 is 0. The Morgan fingerprint density at radius 3 is 1.71 bits per heavy atom. The molecular weight excluding hydrogens is 283 g/mol. The van der Waals surface area contributed by atoms with Gasteiger partial charge in [0.2, 0.25) is 11.8 Å². The first-order valence-electron chi connectivity index (χ1n) is 6.86.